The summed E-state index contributed by atoms with van der Waals surface area (Å²) >= 11 is 6.41. The van der Waals surface area contributed by atoms with Gasteiger partial charge in [0.25, 0.3) is 0 Å². The number of unbranched alkanes of at least 4 members (excludes halogenated alkanes) is 1. The zero-order chi connectivity index (χ0) is 16.7. The molecule has 2 heterocycles. The Morgan fingerprint density at radius 3 is 2.88 bits per heavy atom. The lowest BCUT2D eigenvalue weighted by Crippen LogP contribution is -1.96. The number of H-pyrrole nitrogens is 1. The molecule has 0 saturated heterocycles. The number of nitrogens with one attached hydrogen (secondary N) is 1. The Hall–Kier alpha value is -2.26. The SMILES string of the molecule is CCCCOc1ccc2c(ccc3[nH]c4c(C)cnc(Cl)c4c32)c1. The first-order chi connectivity index (χ1) is 11.7. The number of aromatic amines is 1. The Morgan fingerprint density at radius 2 is 2.04 bits per heavy atom. The van der Waals surface area contributed by atoms with E-state index in [0.717, 1.165) is 63.3 Å². The topological polar surface area (TPSA) is 37.9 Å². The molecule has 122 valence electrons. The van der Waals surface area contributed by atoms with Gasteiger partial charge in [-0.3, -0.25) is 0 Å². The molecule has 4 aromatic rings. The van der Waals surface area contributed by atoms with Crippen molar-refractivity contribution in [2.45, 2.75) is 26.7 Å². The molecule has 2 aromatic carbocycles. The summed E-state index contributed by atoms with van der Waals surface area (Å²) in [4.78, 5) is 7.80. The van der Waals surface area contributed by atoms with Gasteiger partial charge in [-0.1, -0.05) is 31.0 Å². The van der Waals surface area contributed by atoms with Gasteiger partial charge in [0, 0.05) is 22.5 Å². The van der Waals surface area contributed by atoms with E-state index in [-0.39, 0.29) is 0 Å². The summed E-state index contributed by atoms with van der Waals surface area (Å²) in [5, 5.41) is 4.98. The first kappa shape index (κ1) is 15.3. The highest BCUT2D eigenvalue weighted by Crippen LogP contribution is 2.37. The van der Waals surface area contributed by atoms with E-state index >= 15 is 0 Å². The molecule has 0 bridgehead atoms. The molecule has 0 unspecified atom stereocenters. The number of benzene rings is 2. The Labute approximate surface area is 145 Å². The molecule has 2 aromatic heterocycles. The van der Waals surface area contributed by atoms with Crippen LogP contribution in [-0.2, 0) is 0 Å². The highest BCUT2D eigenvalue weighted by molar-refractivity contribution is 6.38. The molecule has 0 radical (unpaired) electrons. The second kappa shape index (κ2) is 5.99. The van der Waals surface area contributed by atoms with Crippen LogP contribution in [0.1, 0.15) is 25.3 Å². The zero-order valence-corrected chi connectivity index (χ0v) is 14.6. The molecule has 1 N–H and O–H groups in total. The summed E-state index contributed by atoms with van der Waals surface area (Å²) in [6.45, 7) is 4.96. The highest BCUT2D eigenvalue weighted by Gasteiger charge is 2.14. The maximum Gasteiger partial charge on any atom is 0.139 e. The fraction of sp³-hybridized carbons (Fsp3) is 0.250. The molecular formula is C20H19ClN2O. The van der Waals surface area contributed by atoms with Crippen LogP contribution in [0.5, 0.6) is 5.75 Å². The van der Waals surface area contributed by atoms with Crippen molar-refractivity contribution in [1.29, 1.82) is 0 Å². The summed E-state index contributed by atoms with van der Waals surface area (Å²) in [5.74, 6) is 0.913. The van der Waals surface area contributed by atoms with Gasteiger partial charge in [-0.05, 0) is 53.9 Å². The van der Waals surface area contributed by atoms with Gasteiger partial charge in [-0.15, -0.1) is 0 Å². The van der Waals surface area contributed by atoms with E-state index in [9.17, 15) is 0 Å². The monoisotopic (exact) mass is 338 g/mol. The Balaban J connectivity index is 1.95. The maximum absolute atomic E-state index is 6.41. The minimum Gasteiger partial charge on any atom is -0.494 e. The minimum atomic E-state index is 0.539. The molecule has 3 nitrogen and oxygen atoms in total. The summed E-state index contributed by atoms with van der Waals surface area (Å²) in [7, 11) is 0. The van der Waals surface area contributed by atoms with Crippen LogP contribution in [0.15, 0.2) is 36.5 Å². The summed E-state index contributed by atoms with van der Waals surface area (Å²) < 4.78 is 5.83. The van der Waals surface area contributed by atoms with Crippen LogP contribution in [0.25, 0.3) is 32.6 Å². The third kappa shape index (κ3) is 2.40. The van der Waals surface area contributed by atoms with E-state index in [4.69, 9.17) is 16.3 Å². The van der Waals surface area contributed by atoms with Crippen molar-refractivity contribution in [2.75, 3.05) is 6.61 Å². The van der Waals surface area contributed by atoms with Gasteiger partial charge >= 0.3 is 0 Å². The number of aryl methyl sites for hydroxylation is 1. The van der Waals surface area contributed by atoms with E-state index in [1.54, 1.807) is 0 Å². The van der Waals surface area contributed by atoms with Crippen molar-refractivity contribution >= 4 is 44.2 Å². The van der Waals surface area contributed by atoms with Crippen molar-refractivity contribution in [1.82, 2.24) is 9.97 Å². The molecule has 0 aliphatic rings. The number of pyridine rings is 1. The predicted octanol–water partition coefficient (Wildman–Crippen LogP) is 6.01. The summed E-state index contributed by atoms with van der Waals surface area (Å²) in [6.07, 6.45) is 4.01. The minimum absolute atomic E-state index is 0.539. The van der Waals surface area contributed by atoms with E-state index in [2.05, 4.69) is 41.2 Å². The number of fused-ring (bicyclic) bond motifs is 5. The van der Waals surface area contributed by atoms with E-state index in [1.807, 2.05) is 19.2 Å². The van der Waals surface area contributed by atoms with Crippen molar-refractivity contribution in [3.8, 4) is 5.75 Å². The molecule has 24 heavy (non-hydrogen) atoms. The third-order valence-corrected chi connectivity index (χ3v) is 4.78. The van der Waals surface area contributed by atoms with Gasteiger partial charge in [-0.25, -0.2) is 4.98 Å². The molecule has 0 atom stereocenters. The zero-order valence-electron chi connectivity index (χ0n) is 13.8. The molecular weight excluding hydrogens is 320 g/mol. The maximum atomic E-state index is 6.41. The first-order valence-electron chi connectivity index (χ1n) is 8.31. The largest absolute Gasteiger partial charge is 0.494 e. The van der Waals surface area contributed by atoms with Crippen LogP contribution >= 0.6 is 11.6 Å². The van der Waals surface area contributed by atoms with E-state index < -0.39 is 0 Å². The average molecular weight is 339 g/mol. The molecule has 4 heteroatoms. The van der Waals surface area contributed by atoms with Crippen LogP contribution in [-0.4, -0.2) is 16.6 Å². The fourth-order valence-electron chi connectivity index (χ4n) is 3.21. The predicted molar refractivity (Wildman–Crippen MR) is 101 cm³/mol. The van der Waals surface area contributed by atoms with Crippen LogP contribution in [0.2, 0.25) is 5.15 Å². The lowest BCUT2D eigenvalue weighted by atomic mass is 10.0. The van der Waals surface area contributed by atoms with Crippen molar-refractivity contribution in [2.24, 2.45) is 0 Å². The van der Waals surface area contributed by atoms with Gasteiger partial charge in [0.2, 0.25) is 0 Å². The van der Waals surface area contributed by atoms with Crippen LogP contribution in [0.4, 0.5) is 0 Å². The van der Waals surface area contributed by atoms with Gasteiger partial charge in [0.05, 0.1) is 12.1 Å². The van der Waals surface area contributed by atoms with Crippen molar-refractivity contribution < 1.29 is 4.74 Å². The van der Waals surface area contributed by atoms with Crippen LogP contribution in [0.3, 0.4) is 0 Å². The molecule has 4 rings (SSSR count). The number of rotatable bonds is 4. The van der Waals surface area contributed by atoms with Gasteiger partial charge < -0.3 is 9.72 Å². The Bertz CT molecular complexity index is 1050. The number of nitrogens with zero attached hydrogens (tertiary/aromatic N) is 1. The molecule has 0 aliphatic heterocycles. The number of hydrogen-bond acceptors (Lipinski definition) is 2. The van der Waals surface area contributed by atoms with Crippen molar-refractivity contribution in [3.63, 3.8) is 0 Å². The lowest BCUT2D eigenvalue weighted by Gasteiger charge is -2.07. The van der Waals surface area contributed by atoms with Gasteiger partial charge in [0.1, 0.15) is 10.9 Å². The number of hydrogen-bond donors (Lipinski definition) is 1. The van der Waals surface area contributed by atoms with Crippen LogP contribution in [0, 0.1) is 6.92 Å². The van der Waals surface area contributed by atoms with E-state index in [1.165, 1.54) is 0 Å². The summed E-state index contributed by atoms with van der Waals surface area (Å²) in [6, 6.07) is 10.5. The number of halogens is 1. The first-order valence-corrected chi connectivity index (χ1v) is 8.69. The molecule has 0 fully saturated rings. The average Bonchev–Trinajstić information content (AvgIpc) is 2.99. The number of ether oxygens (including phenoxy) is 1. The fourth-order valence-corrected chi connectivity index (χ4v) is 3.45. The van der Waals surface area contributed by atoms with E-state index in [0.29, 0.717) is 5.15 Å². The van der Waals surface area contributed by atoms with Gasteiger partial charge in [-0.2, -0.15) is 0 Å². The summed E-state index contributed by atoms with van der Waals surface area (Å²) in [5.41, 5.74) is 3.23. The molecule has 0 aliphatic carbocycles. The Kier molecular flexibility index (Phi) is 3.81. The quantitative estimate of drug-likeness (QED) is 0.365. The Morgan fingerprint density at radius 1 is 1.17 bits per heavy atom. The molecule has 0 spiro atoms. The second-order valence-corrected chi connectivity index (χ2v) is 6.54. The van der Waals surface area contributed by atoms with Gasteiger partial charge in [0.15, 0.2) is 0 Å². The smallest absolute Gasteiger partial charge is 0.139 e. The second-order valence-electron chi connectivity index (χ2n) is 6.18. The normalized spacial score (nSPS) is 11.6. The molecule has 0 saturated carbocycles. The lowest BCUT2D eigenvalue weighted by molar-refractivity contribution is 0.310. The molecule has 0 amide bonds. The number of aromatic nitrogens is 2. The van der Waals surface area contributed by atoms with Crippen LogP contribution < -0.4 is 4.74 Å². The standard InChI is InChI=1S/C20H19ClN2O/c1-3-4-9-24-14-6-7-15-13(10-14)5-8-16-17(15)18-19(23-16)12(2)11-22-20(18)21/h5-8,10-11,23H,3-4,9H2,1-2H3. The third-order valence-electron chi connectivity index (χ3n) is 4.49. The van der Waals surface area contributed by atoms with Crippen molar-refractivity contribution in [3.05, 3.63) is 47.2 Å². The highest BCUT2D eigenvalue weighted by atomic mass is 35.5.